The lowest BCUT2D eigenvalue weighted by molar-refractivity contribution is 0.0947. The van der Waals surface area contributed by atoms with Crippen molar-refractivity contribution >= 4 is 5.91 Å². The Morgan fingerprint density at radius 3 is 3.00 bits per heavy atom. The van der Waals surface area contributed by atoms with Gasteiger partial charge in [0.25, 0.3) is 5.91 Å². The number of aryl methyl sites for hydroxylation is 1. The molecule has 1 amide bonds. The molecule has 3 rings (SSSR count). The number of nitrogens with one attached hydrogen (secondary N) is 1. The number of nitrogens with zero attached hydrogens (tertiary/aromatic N) is 2. The third-order valence-electron chi connectivity index (χ3n) is 4.41. The average Bonchev–Trinajstić information content (AvgIpc) is 3.02. The van der Waals surface area contributed by atoms with Crippen molar-refractivity contribution in [2.75, 3.05) is 19.6 Å². The van der Waals surface area contributed by atoms with Crippen LogP contribution >= 0.6 is 0 Å². The van der Waals surface area contributed by atoms with E-state index in [2.05, 4.69) is 15.2 Å². The molecule has 1 fully saturated rings. The van der Waals surface area contributed by atoms with E-state index in [-0.39, 0.29) is 11.7 Å². The Morgan fingerprint density at radius 1 is 1.38 bits per heavy atom. The standard InChI is InChI=1S/C19H22FN3O/c1-14-8-17(11-21-9-14)19(24)22-10-15-6-7-23(12-15)13-16-4-2-3-5-18(16)20/h2-5,8-9,11,15H,6-7,10,12-13H2,1H3,(H,22,24). The first-order valence-corrected chi connectivity index (χ1v) is 8.27. The molecule has 0 bridgehead atoms. The summed E-state index contributed by atoms with van der Waals surface area (Å²) in [4.78, 5) is 18.4. The third kappa shape index (κ3) is 4.17. The van der Waals surface area contributed by atoms with Gasteiger partial charge in [-0.25, -0.2) is 4.39 Å². The predicted molar refractivity (Wildman–Crippen MR) is 91.1 cm³/mol. The van der Waals surface area contributed by atoms with Crippen LogP contribution in [0.5, 0.6) is 0 Å². The highest BCUT2D eigenvalue weighted by molar-refractivity contribution is 5.93. The summed E-state index contributed by atoms with van der Waals surface area (Å²) in [5.41, 5.74) is 2.30. The minimum Gasteiger partial charge on any atom is -0.352 e. The molecule has 0 spiro atoms. The van der Waals surface area contributed by atoms with Crippen LogP contribution in [0.4, 0.5) is 4.39 Å². The van der Waals surface area contributed by atoms with Gasteiger partial charge in [0.15, 0.2) is 0 Å². The molecule has 0 saturated carbocycles. The molecule has 1 aliphatic heterocycles. The van der Waals surface area contributed by atoms with E-state index in [1.807, 2.05) is 25.1 Å². The SMILES string of the molecule is Cc1cncc(C(=O)NCC2CCN(Cc3ccccc3F)C2)c1. The molecular formula is C19H22FN3O. The summed E-state index contributed by atoms with van der Waals surface area (Å²) in [6, 6.07) is 8.74. The number of pyridine rings is 1. The van der Waals surface area contributed by atoms with Crippen molar-refractivity contribution in [2.45, 2.75) is 19.9 Å². The van der Waals surface area contributed by atoms with E-state index in [1.54, 1.807) is 18.5 Å². The molecular weight excluding hydrogens is 305 g/mol. The van der Waals surface area contributed by atoms with Crippen LogP contribution < -0.4 is 5.32 Å². The summed E-state index contributed by atoms with van der Waals surface area (Å²) in [6.45, 7) is 4.99. The molecule has 2 aromatic rings. The maximum atomic E-state index is 13.7. The van der Waals surface area contributed by atoms with Crippen molar-refractivity contribution in [3.05, 3.63) is 65.2 Å². The van der Waals surface area contributed by atoms with Gasteiger partial charge in [0, 0.05) is 37.6 Å². The van der Waals surface area contributed by atoms with Gasteiger partial charge < -0.3 is 5.32 Å². The fourth-order valence-electron chi connectivity index (χ4n) is 3.11. The maximum absolute atomic E-state index is 13.7. The Kier molecular flexibility index (Phi) is 5.20. The number of hydrogen-bond donors (Lipinski definition) is 1. The fraction of sp³-hybridized carbons (Fsp3) is 0.368. The highest BCUT2D eigenvalue weighted by atomic mass is 19.1. The Morgan fingerprint density at radius 2 is 2.21 bits per heavy atom. The molecule has 0 aliphatic carbocycles. The second-order valence-electron chi connectivity index (χ2n) is 6.44. The second-order valence-corrected chi connectivity index (χ2v) is 6.44. The molecule has 5 heteroatoms. The number of benzene rings is 1. The van der Waals surface area contributed by atoms with Gasteiger partial charge in [-0.2, -0.15) is 0 Å². The van der Waals surface area contributed by atoms with Gasteiger partial charge in [-0.1, -0.05) is 18.2 Å². The van der Waals surface area contributed by atoms with E-state index in [0.29, 0.717) is 24.6 Å². The summed E-state index contributed by atoms with van der Waals surface area (Å²) in [7, 11) is 0. The van der Waals surface area contributed by atoms with Crippen LogP contribution in [0.3, 0.4) is 0 Å². The highest BCUT2D eigenvalue weighted by Crippen LogP contribution is 2.19. The first kappa shape index (κ1) is 16.6. The molecule has 24 heavy (non-hydrogen) atoms. The van der Waals surface area contributed by atoms with Crippen LogP contribution in [0, 0.1) is 18.7 Å². The molecule has 1 N–H and O–H groups in total. The monoisotopic (exact) mass is 327 g/mol. The molecule has 126 valence electrons. The lowest BCUT2D eigenvalue weighted by Crippen LogP contribution is -2.31. The second kappa shape index (κ2) is 7.53. The molecule has 1 saturated heterocycles. The lowest BCUT2D eigenvalue weighted by Gasteiger charge is -2.17. The smallest absolute Gasteiger partial charge is 0.252 e. The minimum absolute atomic E-state index is 0.0845. The first-order valence-electron chi connectivity index (χ1n) is 8.27. The lowest BCUT2D eigenvalue weighted by atomic mass is 10.1. The molecule has 1 unspecified atom stereocenters. The number of carbonyl (C=O) groups excluding carboxylic acids is 1. The number of aromatic nitrogens is 1. The zero-order valence-corrected chi connectivity index (χ0v) is 13.8. The van der Waals surface area contributed by atoms with Crippen LogP contribution in [-0.4, -0.2) is 35.4 Å². The van der Waals surface area contributed by atoms with Gasteiger partial charge in [0.2, 0.25) is 0 Å². The Balaban J connectivity index is 1.48. The number of hydrogen-bond acceptors (Lipinski definition) is 3. The van der Waals surface area contributed by atoms with Crippen molar-refractivity contribution in [1.29, 1.82) is 0 Å². The Labute approximate surface area is 141 Å². The van der Waals surface area contributed by atoms with Crippen LogP contribution in [0.2, 0.25) is 0 Å². The summed E-state index contributed by atoms with van der Waals surface area (Å²) in [5.74, 6) is 0.165. The third-order valence-corrected chi connectivity index (χ3v) is 4.41. The summed E-state index contributed by atoms with van der Waals surface area (Å²) in [5, 5.41) is 2.98. The Hall–Kier alpha value is -2.27. The number of amides is 1. The van der Waals surface area contributed by atoms with E-state index in [9.17, 15) is 9.18 Å². The van der Waals surface area contributed by atoms with E-state index >= 15 is 0 Å². The molecule has 0 radical (unpaired) electrons. The Bertz CT molecular complexity index is 719. The van der Waals surface area contributed by atoms with Crippen LogP contribution in [0.25, 0.3) is 0 Å². The van der Waals surface area contributed by atoms with Crippen LogP contribution in [0.1, 0.15) is 27.9 Å². The van der Waals surface area contributed by atoms with Crippen LogP contribution in [-0.2, 0) is 6.54 Å². The van der Waals surface area contributed by atoms with Crippen molar-refractivity contribution in [1.82, 2.24) is 15.2 Å². The number of rotatable bonds is 5. The van der Waals surface area contributed by atoms with Crippen molar-refractivity contribution in [3.8, 4) is 0 Å². The van der Waals surface area contributed by atoms with Gasteiger partial charge in [-0.3, -0.25) is 14.7 Å². The molecule has 1 atom stereocenters. The highest BCUT2D eigenvalue weighted by Gasteiger charge is 2.23. The van der Waals surface area contributed by atoms with E-state index in [0.717, 1.165) is 30.6 Å². The van der Waals surface area contributed by atoms with Gasteiger partial charge in [-0.05, 0) is 43.5 Å². The van der Waals surface area contributed by atoms with E-state index in [4.69, 9.17) is 0 Å². The number of likely N-dealkylation sites (tertiary alicyclic amines) is 1. The summed E-state index contributed by atoms with van der Waals surface area (Å²) < 4.78 is 13.7. The number of carbonyl (C=O) groups is 1. The zero-order valence-electron chi connectivity index (χ0n) is 13.8. The molecule has 4 nitrogen and oxygen atoms in total. The topological polar surface area (TPSA) is 45.2 Å². The molecule has 1 aromatic carbocycles. The average molecular weight is 327 g/mol. The van der Waals surface area contributed by atoms with Crippen molar-refractivity contribution in [3.63, 3.8) is 0 Å². The van der Waals surface area contributed by atoms with Crippen molar-refractivity contribution < 1.29 is 9.18 Å². The largest absolute Gasteiger partial charge is 0.352 e. The fourth-order valence-corrected chi connectivity index (χ4v) is 3.11. The van der Waals surface area contributed by atoms with Gasteiger partial charge in [0.1, 0.15) is 5.82 Å². The molecule has 1 aliphatic rings. The number of halogens is 1. The maximum Gasteiger partial charge on any atom is 0.252 e. The molecule has 2 heterocycles. The van der Waals surface area contributed by atoms with E-state index in [1.165, 1.54) is 6.07 Å². The quantitative estimate of drug-likeness (QED) is 0.918. The van der Waals surface area contributed by atoms with E-state index < -0.39 is 0 Å². The first-order chi connectivity index (χ1) is 11.6. The molecule has 1 aromatic heterocycles. The van der Waals surface area contributed by atoms with Gasteiger partial charge >= 0.3 is 0 Å². The predicted octanol–water partition coefficient (Wildman–Crippen LogP) is 2.78. The van der Waals surface area contributed by atoms with Gasteiger partial charge in [0.05, 0.1) is 5.56 Å². The van der Waals surface area contributed by atoms with Gasteiger partial charge in [-0.15, -0.1) is 0 Å². The van der Waals surface area contributed by atoms with Crippen molar-refractivity contribution in [2.24, 2.45) is 5.92 Å². The normalized spacial score (nSPS) is 17.8. The zero-order chi connectivity index (χ0) is 16.9. The minimum atomic E-state index is -0.152. The summed E-state index contributed by atoms with van der Waals surface area (Å²) >= 11 is 0. The summed E-state index contributed by atoms with van der Waals surface area (Å²) in [6.07, 6.45) is 4.33. The van der Waals surface area contributed by atoms with Crippen LogP contribution in [0.15, 0.2) is 42.7 Å².